The Balaban J connectivity index is 1.42. The lowest BCUT2D eigenvalue weighted by molar-refractivity contribution is 0.0169. The van der Waals surface area contributed by atoms with Crippen LogP contribution in [-0.4, -0.2) is 53.4 Å². The molecule has 0 aliphatic carbocycles. The topological polar surface area (TPSA) is 59.4 Å². The molecular weight excluding hydrogens is 432 g/mol. The van der Waals surface area contributed by atoms with Gasteiger partial charge >= 0.3 is 0 Å². The first-order valence-corrected chi connectivity index (χ1v) is 12.0. The van der Waals surface area contributed by atoms with Crippen molar-refractivity contribution in [3.63, 3.8) is 0 Å². The van der Waals surface area contributed by atoms with Crippen molar-refractivity contribution >= 4 is 17.2 Å². The highest BCUT2D eigenvalue weighted by molar-refractivity contribution is 7.10. The molecule has 0 spiro atoms. The van der Waals surface area contributed by atoms with Crippen LogP contribution < -0.4 is 5.32 Å². The number of aromatic nitrogens is 2. The fourth-order valence-corrected chi connectivity index (χ4v) is 4.99. The second kappa shape index (κ2) is 10.1. The van der Waals surface area contributed by atoms with Crippen LogP contribution in [0.3, 0.4) is 0 Å². The van der Waals surface area contributed by atoms with E-state index in [-0.39, 0.29) is 11.9 Å². The molecule has 168 valence electrons. The van der Waals surface area contributed by atoms with Gasteiger partial charge in [0.15, 0.2) is 0 Å². The number of carbonyl (C=O) groups is 1. The third-order valence-corrected chi connectivity index (χ3v) is 6.81. The van der Waals surface area contributed by atoms with Gasteiger partial charge in [-0.3, -0.25) is 9.69 Å². The molecule has 1 N–H and O–H groups in total. The molecule has 1 atom stereocenters. The maximum Gasteiger partial charge on any atom is 0.255 e. The molecule has 2 aromatic heterocycles. The molecule has 1 aliphatic rings. The standard InChI is InChI=1S/C26H26N4O2S/c31-26(27-18-23(24-12-7-17-33-24)29-13-15-32-16-14-29)22-19-30(21-10-5-2-6-11-21)28-25(22)20-8-3-1-4-9-20/h1-12,17,19,23H,13-16,18H2,(H,27,31)/t23-/m1/s1. The van der Waals surface area contributed by atoms with Crippen molar-refractivity contribution in [1.82, 2.24) is 20.0 Å². The van der Waals surface area contributed by atoms with Gasteiger partial charge in [-0.2, -0.15) is 5.10 Å². The van der Waals surface area contributed by atoms with Gasteiger partial charge in [-0.25, -0.2) is 4.68 Å². The average Bonchev–Trinajstić information content (AvgIpc) is 3.57. The van der Waals surface area contributed by atoms with E-state index in [1.54, 1.807) is 16.0 Å². The highest BCUT2D eigenvalue weighted by atomic mass is 32.1. The van der Waals surface area contributed by atoms with Crippen molar-refractivity contribution in [2.45, 2.75) is 6.04 Å². The van der Waals surface area contributed by atoms with Crippen molar-refractivity contribution in [1.29, 1.82) is 0 Å². The minimum absolute atomic E-state index is 0.120. The Kier molecular flexibility index (Phi) is 6.62. The third-order valence-electron chi connectivity index (χ3n) is 5.84. The summed E-state index contributed by atoms with van der Waals surface area (Å²) >= 11 is 1.72. The summed E-state index contributed by atoms with van der Waals surface area (Å²) < 4.78 is 7.31. The van der Waals surface area contributed by atoms with Gasteiger partial charge in [0.25, 0.3) is 5.91 Å². The highest BCUT2D eigenvalue weighted by Crippen LogP contribution is 2.27. The predicted molar refractivity (Wildman–Crippen MR) is 131 cm³/mol. The summed E-state index contributed by atoms with van der Waals surface area (Å²) in [5, 5.41) is 10.0. The number of thiophene rings is 1. The Labute approximate surface area is 197 Å². The first-order valence-electron chi connectivity index (χ1n) is 11.1. The average molecular weight is 459 g/mol. The predicted octanol–water partition coefficient (Wildman–Crippen LogP) is 4.40. The van der Waals surface area contributed by atoms with Gasteiger partial charge in [0.2, 0.25) is 0 Å². The van der Waals surface area contributed by atoms with Crippen molar-refractivity contribution in [2.75, 3.05) is 32.8 Å². The number of para-hydroxylation sites is 1. The SMILES string of the molecule is O=C(NC[C@H](c1cccs1)N1CCOCC1)c1cn(-c2ccccc2)nc1-c1ccccc1. The molecule has 33 heavy (non-hydrogen) atoms. The van der Waals surface area contributed by atoms with Crippen molar-refractivity contribution in [3.05, 3.63) is 94.8 Å². The zero-order valence-corrected chi connectivity index (χ0v) is 19.1. The number of benzene rings is 2. The number of amides is 1. The highest BCUT2D eigenvalue weighted by Gasteiger charge is 2.25. The Morgan fingerprint density at radius 2 is 1.73 bits per heavy atom. The van der Waals surface area contributed by atoms with Crippen LogP contribution in [0.1, 0.15) is 21.3 Å². The number of morpholine rings is 1. The molecule has 1 fully saturated rings. The molecule has 3 heterocycles. The molecule has 2 aromatic carbocycles. The van der Waals surface area contributed by atoms with Crippen LogP contribution in [0, 0.1) is 0 Å². The summed E-state index contributed by atoms with van der Waals surface area (Å²) in [6, 6.07) is 24.0. The normalized spacial score (nSPS) is 15.3. The van der Waals surface area contributed by atoms with Crippen molar-refractivity contribution in [3.8, 4) is 16.9 Å². The molecular formula is C26H26N4O2S. The molecule has 4 aromatic rings. The molecule has 1 saturated heterocycles. The lowest BCUT2D eigenvalue weighted by atomic mass is 10.1. The number of nitrogens with one attached hydrogen (secondary N) is 1. The molecule has 1 aliphatic heterocycles. The quantitative estimate of drug-likeness (QED) is 0.446. The molecule has 0 bridgehead atoms. The van der Waals surface area contributed by atoms with Crippen LogP contribution in [-0.2, 0) is 4.74 Å². The number of rotatable bonds is 7. The van der Waals surface area contributed by atoms with E-state index >= 15 is 0 Å². The first-order chi connectivity index (χ1) is 16.3. The van der Waals surface area contributed by atoms with Crippen LogP contribution in [0.5, 0.6) is 0 Å². The summed E-state index contributed by atoms with van der Waals surface area (Å²) in [4.78, 5) is 17.1. The largest absolute Gasteiger partial charge is 0.379 e. The summed E-state index contributed by atoms with van der Waals surface area (Å²) in [5.41, 5.74) is 3.08. The fraction of sp³-hybridized carbons (Fsp3) is 0.231. The zero-order valence-electron chi connectivity index (χ0n) is 18.3. The van der Waals surface area contributed by atoms with Gasteiger partial charge in [-0.15, -0.1) is 11.3 Å². The minimum Gasteiger partial charge on any atom is -0.379 e. The summed E-state index contributed by atoms with van der Waals surface area (Å²) in [7, 11) is 0. The zero-order chi connectivity index (χ0) is 22.5. The molecule has 0 radical (unpaired) electrons. The summed E-state index contributed by atoms with van der Waals surface area (Å²) in [6.45, 7) is 3.69. The van der Waals surface area contributed by atoms with E-state index in [0.29, 0.717) is 17.8 Å². The van der Waals surface area contributed by atoms with E-state index in [9.17, 15) is 4.79 Å². The van der Waals surface area contributed by atoms with Crippen molar-refractivity contribution < 1.29 is 9.53 Å². The van der Waals surface area contributed by atoms with Gasteiger partial charge in [-0.05, 0) is 23.6 Å². The van der Waals surface area contributed by atoms with E-state index in [1.807, 2.05) is 66.9 Å². The van der Waals surface area contributed by atoms with E-state index in [4.69, 9.17) is 9.84 Å². The van der Waals surface area contributed by atoms with E-state index in [1.165, 1.54) is 4.88 Å². The Bertz CT molecular complexity index is 1170. The Morgan fingerprint density at radius 3 is 2.42 bits per heavy atom. The Morgan fingerprint density at radius 1 is 1.00 bits per heavy atom. The maximum atomic E-state index is 13.4. The molecule has 0 saturated carbocycles. The smallest absolute Gasteiger partial charge is 0.255 e. The van der Waals surface area contributed by atoms with Gasteiger partial charge in [-0.1, -0.05) is 54.6 Å². The lowest BCUT2D eigenvalue weighted by Crippen LogP contribution is -2.43. The number of ether oxygens (including phenoxy) is 1. The first kappa shape index (κ1) is 21.6. The van der Waals surface area contributed by atoms with Crippen LogP contribution in [0.4, 0.5) is 0 Å². The van der Waals surface area contributed by atoms with Gasteiger partial charge in [0.1, 0.15) is 5.69 Å². The second-order valence-electron chi connectivity index (χ2n) is 7.93. The van der Waals surface area contributed by atoms with E-state index in [0.717, 1.165) is 37.6 Å². The van der Waals surface area contributed by atoms with Gasteiger partial charge in [0, 0.05) is 36.3 Å². The Hall–Kier alpha value is -3.26. The number of carbonyl (C=O) groups excluding carboxylic acids is 1. The second-order valence-corrected chi connectivity index (χ2v) is 8.91. The van der Waals surface area contributed by atoms with Crippen LogP contribution in [0.15, 0.2) is 84.4 Å². The maximum absolute atomic E-state index is 13.4. The van der Waals surface area contributed by atoms with Crippen LogP contribution in [0.2, 0.25) is 0 Å². The number of nitrogens with zero attached hydrogens (tertiary/aromatic N) is 3. The lowest BCUT2D eigenvalue weighted by Gasteiger charge is -2.34. The molecule has 6 nitrogen and oxygen atoms in total. The van der Waals surface area contributed by atoms with Crippen LogP contribution in [0.25, 0.3) is 16.9 Å². The number of hydrogen-bond donors (Lipinski definition) is 1. The van der Waals surface area contributed by atoms with Crippen molar-refractivity contribution in [2.24, 2.45) is 0 Å². The molecule has 1 amide bonds. The van der Waals surface area contributed by atoms with Gasteiger partial charge < -0.3 is 10.1 Å². The van der Waals surface area contributed by atoms with Gasteiger partial charge in [0.05, 0.1) is 30.5 Å². The van der Waals surface area contributed by atoms with E-state index in [2.05, 4.69) is 27.7 Å². The fourth-order valence-electron chi connectivity index (χ4n) is 4.13. The third kappa shape index (κ3) is 4.90. The monoisotopic (exact) mass is 458 g/mol. The molecule has 0 unspecified atom stereocenters. The molecule has 7 heteroatoms. The number of hydrogen-bond acceptors (Lipinski definition) is 5. The summed E-state index contributed by atoms with van der Waals surface area (Å²) in [6.07, 6.45) is 1.82. The van der Waals surface area contributed by atoms with E-state index < -0.39 is 0 Å². The summed E-state index contributed by atoms with van der Waals surface area (Å²) in [5.74, 6) is -0.120. The minimum atomic E-state index is -0.120. The molecule has 5 rings (SSSR count). The van der Waals surface area contributed by atoms with Crippen LogP contribution >= 0.6 is 11.3 Å².